The molecule has 0 aliphatic rings. The molecule has 1 aromatic heterocycles. The van der Waals surface area contributed by atoms with Crippen LogP contribution in [-0.2, 0) is 4.79 Å². The Kier molecular flexibility index (Phi) is 4.19. The van der Waals surface area contributed by atoms with Crippen molar-refractivity contribution in [1.29, 1.82) is 0 Å². The molecule has 0 bridgehead atoms. The Hall–Kier alpha value is -2.18. The number of likely N-dealkylation sites (N-methyl/N-ethyl adjacent to an activating group) is 1. The van der Waals surface area contributed by atoms with E-state index in [9.17, 15) is 9.59 Å². The number of nitrogens with zero attached hydrogens (tertiary/aromatic N) is 2. The average molecular weight is 223 g/mol. The molecule has 7 heteroatoms. The van der Waals surface area contributed by atoms with Crippen molar-refractivity contribution in [2.75, 3.05) is 26.0 Å². The van der Waals surface area contributed by atoms with Crippen molar-refractivity contribution in [3.63, 3.8) is 0 Å². The molecule has 0 saturated heterocycles. The highest BCUT2D eigenvalue weighted by Gasteiger charge is 2.08. The van der Waals surface area contributed by atoms with Crippen molar-refractivity contribution in [2.24, 2.45) is 0 Å². The molecule has 2 amide bonds. The molecule has 1 rings (SSSR count). The number of hydrogen-bond acceptors (Lipinski definition) is 5. The van der Waals surface area contributed by atoms with Crippen LogP contribution >= 0.6 is 0 Å². The fourth-order valence-corrected chi connectivity index (χ4v) is 0.914. The van der Waals surface area contributed by atoms with Crippen LogP contribution in [0.5, 0.6) is 0 Å². The molecule has 0 aliphatic heterocycles. The van der Waals surface area contributed by atoms with E-state index in [1.165, 1.54) is 19.4 Å². The van der Waals surface area contributed by atoms with E-state index >= 15 is 0 Å². The van der Waals surface area contributed by atoms with Crippen LogP contribution in [0.1, 0.15) is 10.5 Å². The van der Waals surface area contributed by atoms with E-state index in [2.05, 4.69) is 25.9 Å². The number of rotatable bonds is 4. The number of hydrogen-bond donors (Lipinski definition) is 3. The fourth-order valence-electron chi connectivity index (χ4n) is 0.914. The molecule has 7 nitrogen and oxygen atoms in total. The Balaban J connectivity index is 2.56. The quantitative estimate of drug-likeness (QED) is 0.608. The standard InChI is InChI=1S/C9H13N5O2/c1-10-7-4-12-6(3-13-7)9(16)14-5-8(15)11-2/h3-4H,5H2,1-2H3,(H,10,13)(H,11,15)(H,14,16). The first-order chi connectivity index (χ1) is 7.67. The third-order valence-corrected chi connectivity index (χ3v) is 1.83. The summed E-state index contributed by atoms with van der Waals surface area (Å²) in [5.74, 6) is -0.130. The van der Waals surface area contributed by atoms with Gasteiger partial charge >= 0.3 is 0 Å². The maximum atomic E-state index is 11.5. The first kappa shape index (κ1) is 11.9. The van der Waals surface area contributed by atoms with E-state index < -0.39 is 5.91 Å². The minimum atomic E-state index is -0.432. The summed E-state index contributed by atoms with van der Waals surface area (Å²) in [6.07, 6.45) is 2.78. The van der Waals surface area contributed by atoms with Crippen molar-refractivity contribution in [1.82, 2.24) is 20.6 Å². The van der Waals surface area contributed by atoms with Gasteiger partial charge in [0, 0.05) is 14.1 Å². The summed E-state index contributed by atoms with van der Waals surface area (Å²) in [5.41, 5.74) is 0.169. The van der Waals surface area contributed by atoms with E-state index in [1.54, 1.807) is 7.05 Å². The molecular formula is C9H13N5O2. The molecule has 0 aromatic carbocycles. The van der Waals surface area contributed by atoms with Gasteiger partial charge in [0.2, 0.25) is 5.91 Å². The maximum absolute atomic E-state index is 11.5. The highest BCUT2D eigenvalue weighted by atomic mass is 16.2. The molecule has 0 atom stereocenters. The zero-order valence-electron chi connectivity index (χ0n) is 9.07. The van der Waals surface area contributed by atoms with Crippen LogP contribution in [0.15, 0.2) is 12.4 Å². The summed E-state index contributed by atoms with van der Waals surface area (Å²) in [6, 6.07) is 0. The maximum Gasteiger partial charge on any atom is 0.271 e. The molecule has 3 N–H and O–H groups in total. The molecule has 16 heavy (non-hydrogen) atoms. The number of carbonyl (C=O) groups excluding carboxylic acids is 2. The Bertz CT molecular complexity index is 376. The van der Waals surface area contributed by atoms with Crippen LogP contribution in [-0.4, -0.2) is 42.4 Å². The largest absolute Gasteiger partial charge is 0.372 e. The van der Waals surface area contributed by atoms with Gasteiger partial charge in [-0.25, -0.2) is 9.97 Å². The van der Waals surface area contributed by atoms with Gasteiger partial charge in [-0.2, -0.15) is 0 Å². The Morgan fingerprint density at radius 3 is 2.50 bits per heavy atom. The lowest BCUT2D eigenvalue weighted by atomic mass is 10.4. The minimum absolute atomic E-state index is 0.0786. The average Bonchev–Trinajstić information content (AvgIpc) is 2.35. The molecule has 86 valence electrons. The lowest BCUT2D eigenvalue weighted by Crippen LogP contribution is -2.35. The van der Waals surface area contributed by atoms with Crippen LogP contribution < -0.4 is 16.0 Å². The van der Waals surface area contributed by atoms with Gasteiger partial charge < -0.3 is 16.0 Å². The third-order valence-electron chi connectivity index (χ3n) is 1.83. The lowest BCUT2D eigenvalue weighted by molar-refractivity contribution is -0.119. The number of aromatic nitrogens is 2. The van der Waals surface area contributed by atoms with Gasteiger partial charge in [0.15, 0.2) is 0 Å². The SMILES string of the molecule is CNC(=O)CNC(=O)c1cnc(NC)cn1. The lowest BCUT2D eigenvalue weighted by Gasteiger charge is -2.03. The monoisotopic (exact) mass is 223 g/mol. The first-order valence-corrected chi connectivity index (χ1v) is 4.66. The van der Waals surface area contributed by atoms with Gasteiger partial charge in [-0.05, 0) is 0 Å². The smallest absolute Gasteiger partial charge is 0.271 e. The van der Waals surface area contributed by atoms with Gasteiger partial charge in [-0.3, -0.25) is 9.59 Å². The van der Waals surface area contributed by atoms with Gasteiger partial charge in [0.25, 0.3) is 5.91 Å². The number of carbonyl (C=O) groups is 2. The molecule has 0 fully saturated rings. The molecule has 1 aromatic rings. The first-order valence-electron chi connectivity index (χ1n) is 4.66. The summed E-state index contributed by atoms with van der Waals surface area (Å²) >= 11 is 0. The Morgan fingerprint density at radius 2 is 2.00 bits per heavy atom. The van der Waals surface area contributed by atoms with E-state index in [0.29, 0.717) is 5.82 Å². The van der Waals surface area contributed by atoms with Crippen LogP contribution in [0.2, 0.25) is 0 Å². The summed E-state index contributed by atoms with van der Waals surface area (Å²) in [6.45, 7) is -0.0786. The van der Waals surface area contributed by atoms with E-state index in [4.69, 9.17) is 0 Å². The van der Waals surface area contributed by atoms with Crippen molar-refractivity contribution in [3.05, 3.63) is 18.1 Å². The molecule has 0 radical (unpaired) electrons. The zero-order valence-corrected chi connectivity index (χ0v) is 9.07. The third kappa shape index (κ3) is 3.19. The van der Waals surface area contributed by atoms with Crippen molar-refractivity contribution >= 4 is 17.6 Å². The summed E-state index contributed by atoms with van der Waals surface area (Å²) in [7, 11) is 3.20. The molecule has 0 spiro atoms. The minimum Gasteiger partial charge on any atom is -0.372 e. The van der Waals surface area contributed by atoms with Gasteiger partial charge in [-0.15, -0.1) is 0 Å². The second kappa shape index (κ2) is 5.64. The second-order valence-corrected chi connectivity index (χ2v) is 2.89. The number of nitrogens with one attached hydrogen (secondary N) is 3. The fraction of sp³-hybridized carbons (Fsp3) is 0.333. The number of amides is 2. The summed E-state index contributed by atoms with van der Waals surface area (Å²) in [5, 5.41) is 7.59. The predicted octanol–water partition coefficient (Wildman–Crippen LogP) is -1.01. The van der Waals surface area contributed by atoms with E-state index in [-0.39, 0.29) is 18.1 Å². The van der Waals surface area contributed by atoms with Crippen molar-refractivity contribution in [2.45, 2.75) is 0 Å². The molecule has 0 saturated carbocycles. The van der Waals surface area contributed by atoms with Crippen LogP contribution in [0.25, 0.3) is 0 Å². The molecule has 0 aliphatic carbocycles. The molecule has 1 heterocycles. The van der Waals surface area contributed by atoms with E-state index in [1.807, 2.05) is 0 Å². The molecule has 0 unspecified atom stereocenters. The van der Waals surface area contributed by atoms with Crippen molar-refractivity contribution < 1.29 is 9.59 Å². The zero-order chi connectivity index (χ0) is 12.0. The van der Waals surface area contributed by atoms with Crippen LogP contribution in [0, 0.1) is 0 Å². The van der Waals surface area contributed by atoms with Gasteiger partial charge in [0.05, 0.1) is 18.9 Å². The normalized spacial score (nSPS) is 9.38. The highest BCUT2D eigenvalue weighted by Crippen LogP contribution is 1.98. The van der Waals surface area contributed by atoms with Crippen LogP contribution in [0.3, 0.4) is 0 Å². The van der Waals surface area contributed by atoms with Crippen molar-refractivity contribution in [3.8, 4) is 0 Å². The van der Waals surface area contributed by atoms with Gasteiger partial charge in [-0.1, -0.05) is 0 Å². The highest BCUT2D eigenvalue weighted by molar-refractivity contribution is 5.94. The second-order valence-electron chi connectivity index (χ2n) is 2.89. The topological polar surface area (TPSA) is 96.0 Å². The predicted molar refractivity (Wildman–Crippen MR) is 58.0 cm³/mol. The van der Waals surface area contributed by atoms with Crippen LogP contribution in [0.4, 0.5) is 5.82 Å². The Morgan fingerprint density at radius 1 is 1.25 bits per heavy atom. The van der Waals surface area contributed by atoms with E-state index in [0.717, 1.165) is 0 Å². The summed E-state index contributed by atoms with van der Waals surface area (Å²) < 4.78 is 0. The Labute approximate surface area is 92.7 Å². The summed E-state index contributed by atoms with van der Waals surface area (Å²) in [4.78, 5) is 30.1. The molecular weight excluding hydrogens is 210 g/mol. The van der Waals surface area contributed by atoms with Gasteiger partial charge in [0.1, 0.15) is 11.5 Å². The number of anilines is 1.